The van der Waals surface area contributed by atoms with E-state index in [1.54, 1.807) is 11.3 Å². The second-order valence-corrected chi connectivity index (χ2v) is 8.54. The molecule has 1 aromatic carbocycles. The number of hydrogen-bond donors (Lipinski definition) is 1. The van der Waals surface area contributed by atoms with Crippen LogP contribution in [0.1, 0.15) is 23.0 Å². The highest BCUT2D eigenvalue weighted by Gasteiger charge is 2.32. The van der Waals surface area contributed by atoms with Crippen LogP contribution in [0.5, 0.6) is 0 Å². The van der Waals surface area contributed by atoms with Crippen LogP contribution in [0.4, 0.5) is 0 Å². The highest BCUT2D eigenvalue weighted by molar-refractivity contribution is 7.20. The van der Waals surface area contributed by atoms with Gasteiger partial charge in [0.2, 0.25) is 0 Å². The highest BCUT2D eigenvalue weighted by Crippen LogP contribution is 2.28. The molecule has 6 heteroatoms. The van der Waals surface area contributed by atoms with Crippen LogP contribution in [0.25, 0.3) is 10.1 Å². The van der Waals surface area contributed by atoms with Crippen LogP contribution in [-0.4, -0.2) is 61.5 Å². The Bertz CT molecular complexity index is 700. The van der Waals surface area contributed by atoms with Crippen molar-refractivity contribution in [1.29, 1.82) is 0 Å². The summed E-state index contributed by atoms with van der Waals surface area (Å²) in [5, 5.41) is 4.65. The van der Waals surface area contributed by atoms with E-state index in [9.17, 15) is 4.79 Å². The van der Waals surface area contributed by atoms with E-state index in [1.165, 1.54) is 16.5 Å². The van der Waals surface area contributed by atoms with E-state index in [1.807, 2.05) is 23.1 Å². The van der Waals surface area contributed by atoms with E-state index in [0.717, 1.165) is 50.7 Å². The van der Waals surface area contributed by atoms with E-state index in [0.29, 0.717) is 5.41 Å². The first kappa shape index (κ1) is 18.6. The molecular formula is C19H26ClN3OS. The van der Waals surface area contributed by atoms with Gasteiger partial charge in [-0.2, -0.15) is 0 Å². The Hall–Kier alpha value is -1.14. The minimum absolute atomic E-state index is 0. The normalized spacial score (nSPS) is 24.4. The number of nitrogens with zero attached hydrogens (tertiary/aromatic N) is 2. The standard InChI is InChI=1S/C19H25N3OS.ClH/c1-19(6-7-20-13-19)14-21-8-10-22(11-9-21)18(23)17-12-15-4-2-3-5-16(15)24-17;/h2-5,12,20H,6-11,13-14H2,1H3;1H. The maximum Gasteiger partial charge on any atom is 0.264 e. The second-order valence-electron chi connectivity index (χ2n) is 7.45. The molecule has 4 rings (SSSR count). The molecule has 2 aromatic rings. The Kier molecular flexibility index (Phi) is 5.68. The summed E-state index contributed by atoms with van der Waals surface area (Å²) in [4.78, 5) is 18.2. The van der Waals surface area contributed by atoms with Gasteiger partial charge in [0, 0.05) is 44.0 Å². The Morgan fingerprint density at radius 1 is 1.24 bits per heavy atom. The van der Waals surface area contributed by atoms with Gasteiger partial charge in [0.1, 0.15) is 0 Å². The van der Waals surface area contributed by atoms with Crippen molar-refractivity contribution >= 4 is 39.7 Å². The van der Waals surface area contributed by atoms with Gasteiger partial charge in [-0.15, -0.1) is 23.7 Å². The molecule has 0 saturated carbocycles. The van der Waals surface area contributed by atoms with E-state index < -0.39 is 0 Å². The average molecular weight is 380 g/mol. The summed E-state index contributed by atoms with van der Waals surface area (Å²) >= 11 is 1.61. The van der Waals surface area contributed by atoms with Crippen molar-refractivity contribution in [2.45, 2.75) is 13.3 Å². The number of carbonyl (C=O) groups excluding carboxylic acids is 1. The van der Waals surface area contributed by atoms with E-state index >= 15 is 0 Å². The van der Waals surface area contributed by atoms with Crippen LogP contribution in [0.3, 0.4) is 0 Å². The summed E-state index contributed by atoms with van der Waals surface area (Å²) in [5.41, 5.74) is 0.400. The van der Waals surface area contributed by atoms with Crippen LogP contribution in [0.15, 0.2) is 30.3 Å². The summed E-state index contributed by atoms with van der Waals surface area (Å²) < 4.78 is 1.20. The van der Waals surface area contributed by atoms with Gasteiger partial charge in [0.25, 0.3) is 5.91 Å². The third-order valence-corrected chi connectivity index (χ3v) is 6.46. The van der Waals surface area contributed by atoms with Gasteiger partial charge in [0.05, 0.1) is 4.88 Å². The first-order valence-electron chi connectivity index (χ1n) is 8.84. The first-order chi connectivity index (χ1) is 11.6. The molecule has 1 amide bonds. The first-order valence-corrected chi connectivity index (χ1v) is 9.66. The Labute approximate surface area is 159 Å². The summed E-state index contributed by atoms with van der Waals surface area (Å²) in [7, 11) is 0. The molecular weight excluding hydrogens is 354 g/mol. The van der Waals surface area contributed by atoms with Crippen molar-refractivity contribution < 1.29 is 4.79 Å². The molecule has 1 atom stereocenters. The van der Waals surface area contributed by atoms with Crippen LogP contribution in [-0.2, 0) is 0 Å². The number of carbonyl (C=O) groups is 1. The van der Waals surface area contributed by atoms with Crippen molar-refractivity contribution in [3.8, 4) is 0 Å². The lowest BCUT2D eigenvalue weighted by atomic mass is 9.89. The number of fused-ring (bicyclic) bond motifs is 1. The predicted octanol–water partition coefficient (Wildman–Crippen LogP) is 3.08. The molecule has 2 aliphatic rings. The number of halogens is 1. The zero-order chi connectivity index (χ0) is 16.6. The quantitative estimate of drug-likeness (QED) is 0.890. The molecule has 4 nitrogen and oxygen atoms in total. The fourth-order valence-electron chi connectivity index (χ4n) is 3.90. The lowest BCUT2D eigenvalue weighted by Crippen LogP contribution is -2.51. The molecule has 1 N–H and O–H groups in total. The molecule has 0 aliphatic carbocycles. The van der Waals surface area contributed by atoms with Crippen molar-refractivity contribution in [2.75, 3.05) is 45.8 Å². The van der Waals surface area contributed by atoms with Gasteiger partial charge in [-0.1, -0.05) is 25.1 Å². The van der Waals surface area contributed by atoms with E-state index in [-0.39, 0.29) is 18.3 Å². The average Bonchev–Trinajstić information content (AvgIpc) is 3.21. The maximum absolute atomic E-state index is 12.8. The molecule has 2 fully saturated rings. The van der Waals surface area contributed by atoms with Crippen LogP contribution in [0.2, 0.25) is 0 Å². The number of thiophene rings is 1. The van der Waals surface area contributed by atoms with Crippen LogP contribution >= 0.6 is 23.7 Å². The molecule has 2 saturated heterocycles. The van der Waals surface area contributed by atoms with Gasteiger partial charge in [-0.3, -0.25) is 9.69 Å². The van der Waals surface area contributed by atoms with Crippen molar-refractivity contribution in [3.05, 3.63) is 35.2 Å². The minimum atomic E-state index is 0. The van der Waals surface area contributed by atoms with Gasteiger partial charge in [-0.25, -0.2) is 0 Å². The SMILES string of the molecule is CC1(CN2CCN(C(=O)c3cc4ccccc4s3)CC2)CCNC1.Cl. The highest BCUT2D eigenvalue weighted by atomic mass is 35.5. The number of piperazine rings is 1. The number of rotatable bonds is 3. The van der Waals surface area contributed by atoms with E-state index in [2.05, 4.69) is 29.3 Å². The number of amides is 1. The molecule has 0 radical (unpaired) electrons. The Morgan fingerprint density at radius 3 is 2.68 bits per heavy atom. The van der Waals surface area contributed by atoms with E-state index in [4.69, 9.17) is 0 Å². The molecule has 3 heterocycles. The van der Waals surface area contributed by atoms with Crippen LogP contribution in [0, 0.1) is 5.41 Å². The van der Waals surface area contributed by atoms with Crippen LogP contribution < -0.4 is 5.32 Å². The van der Waals surface area contributed by atoms with Gasteiger partial charge >= 0.3 is 0 Å². The third-order valence-electron chi connectivity index (χ3n) is 5.36. The monoisotopic (exact) mass is 379 g/mol. The van der Waals surface area contributed by atoms with Crippen molar-refractivity contribution in [1.82, 2.24) is 15.1 Å². The molecule has 1 aromatic heterocycles. The fourth-order valence-corrected chi connectivity index (χ4v) is 4.93. The van der Waals surface area contributed by atoms with Crippen molar-refractivity contribution in [2.24, 2.45) is 5.41 Å². The molecule has 25 heavy (non-hydrogen) atoms. The molecule has 0 bridgehead atoms. The Morgan fingerprint density at radius 2 is 2.00 bits per heavy atom. The smallest absolute Gasteiger partial charge is 0.264 e. The lowest BCUT2D eigenvalue weighted by Gasteiger charge is -2.38. The third kappa shape index (κ3) is 4.00. The zero-order valence-corrected chi connectivity index (χ0v) is 16.3. The zero-order valence-electron chi connectivity index (χ0n) is 14.7. The summed E-state index contributed by atoms with van der Waals surface area (Å²) in [6.45, 7) is 9.45. The largest absolute Gasteiger partial charge is 0.335 e. The number of nitrogens with one attached hydrogen (secondary N) is 1. The fraction of sp³-hybridized carbons (Fsp3) is 0.526. The summed E-state index contributed by atoms with van der Waals surface area (Å²) in [5.74, 6) is 0.199. The van der Waals surface area contributed by atoms with Gasteiger partial charge < -0.3 is 10.2 Å². The number of benzene rings is 1. The predicted molar refractivity (Wildman–Crippen MR) is 107 cm³/mol. The second kappa shape index (κ2) is 7.62. The number of hydrogen-bond acceptors (Lipinski definition) is 4. The Balaban J connectivity index is 0.00000182. The lowest BCUT2D eigenvalue weighted by molar-refractivity contribution is 0.0586. The summed E-state index contributed by atoms with van der Waals surface area (Å²) in [6.07, 6.45) is 1.26. The topological polar surface area (TPSA) is 35.6 Å². The maximum atomic E-state index is 12.8. The van der Waals surface area contributed by atoms with Gasteiger partial charge in [0.15, 0.2) is 0 Å². The summed E-state index contributed by atoms with van der Waals surface area (Å²) in [6, 6.07) is 10.3. The molecule has 0 spiro atoms. The molecule has 2 aliphatic heterocycles. The van der Waals surface area contributed by atoms with Gasteiger partial charge in [-0.05, 0) is 35.9 Å². The van der Waals surface area contributed by atoms with Crippen molar-refractivity contribution in [3.63, 3.8) is 0 Å². The molecule has 136 valence electrons. The minimum Gasteiger partial charge on any atom is -0.335 e. The molecule has 1 unspecified atom stereocenters.